The maximum atomic E-state index is 11.0. The third-order valence-corrected chi connectivity index (χ3v) is 3.20. The Kier molecular flexibility index (Phi) is 4.00. The number of amides is 1. The van der Waals surface area contributed by atoms with E-state index in [1.165, 1.54) is 0 Å². The van der Waals surface area contributed by atoms with Crippen LogP contribution in [0.2, 0.25) is 0 Å². The van der Waals surface area contributed by atoms with E-state index in [0.29, 0.717) is 10.6 Å². The van der Waals surface area contributed by atoms with Gasteiger partial charge >= 0.3 is 0 Å². The Morgan fingerprint density at radius 3 is 2.30 bits per heavy atom. The summed E-state index contributed by atoms with van der Waals surface area (Å²) in [6, 6.07) is 12.7. The molecule has 2 rings (SSSR count). The number of nitrogens with two attached hydrogens (primary N) is 2. The lowest BCUT2D eigenvalue weighted by molar-refractivity contribution is 0.100. The molecular weight excluding hydrogens is 270 g/mol. The van der Waals surface area contributed by atoms with Crippen LogP contribution >= 0.6 is 12.2 Å². The molecule has 0 radical (unpaired) electrons. The van der Waals surface area contributed by atoms with Gasteiger partial charge in [-0.2, -0.15) is 0 Å². The molecule has 1 amide bonds. The van der Waals surface area contributed by atoms with Crippen LogP contribution in [0.25, 0.3) is 0 Å². The van der Waals surface area contributed by atoms with Gasteiger partial charge in [0.25, 0.3) is 0 Å². The minimum absolute atomic E-state index is 0.338. The van der Waals surface area contributed by atoms with E-state index in [2.05, 4.69) is 5.32 Å². The number of aryl methyl sites for hydroxylation is 1. The van der Waals surface area contributed by atoms with Crippen LogP contribution in [-0.2, 0) is 0 Å². The van der Waals surface area contributed by atoms with Gasteiger partial charge in [0.1, 0.15) is 4.99 Å². The van der Waals surface area contributed by atoms with Crippen LogP contribution in [0, 0.1) is 6.92 Å². The molecule has 0 aliphatic carbocycles. The average molecular weight is 285 g/mol. The Morgan fingerprint density at radius 2 is 1.75 bits per heavy atom. The van der Waals surface area contributed by atoms with Crippen molar-refractivity contribution in [3.8, 4) is 0 Å². The van der Waals surface area contributed by atoms with Crippen LogP contribution in [0.5, 0.6) is 0 Å². The molecule has 0 aliphatic heterocycles. The van der Waals surface area contributed by atoms with Crippen LogP contribution in [-0.4, -0.2) is 10.9 Å². The van der Waals surface area contributed by atoms with Gasteiger partial charge in [0.15, 0.2) is 0 Å². The molecule has 2 aromatic carbocycles. The molecule has 5 N–H and O–H groups in total. The summed E-state index contributed by atoms with van der Waals surface area (Å²) >= 11 is 5.06. The molecule has 20 heavy (non-hydrogen) atoms. The Labute approximate surface area is 122 Å². The quantitative estimate of drug-likeness (QED) is 0.754. The first-order valence-electron chi connectivity index (χ1n) is 6.05. The molecule has 0 aromatic heterocycles. The molecule has 0 atom stereocenters. The normalized spacial score (nSPS) is 10.1. The molecule has 102 valence electrons. The lowest BCUT2D eigenvalue weighted by Gasteiger charge is -2.14. The number of hydrogen-bond acceptors (Lipinski definition) is 3. The predicted octanol–water partition coefficient (Wildman–Crippen LogP) is 2.47. The fourth-order valence-corrected chi connectivity index (χ4v) is 2.07. The molecular formula is C15H15N3OS. The van der Waals surface area contributed by atoms with Gasteiger partial charge in [0.2, 0.25) is 5.91 Å². The zero-order chi connectivity index (χ0) is 14.7. The van der Waals surface area contributed by atoms with Gasteiger partial charge in [-0.15, -0.1) is 0 Å². The lowest BCUT2D eigenvalue weighted by Crippen LogP contribution is -2.13. The Hall–Kier alpha value is -2.40. The molecule has 0 heterocycles. The van der Waals surface area contributed by atoms with Gasteiger partial charge in [-0.25, -0.2) is 0 Å². The van der Waals surface area contributed by atoms with Crippen molar-refractivity contribution in [3.63, 3.8) is 0 Å². The molecule has 0 saturated carbocycles. The summed E-state index contributed by atoms with van der Waals surface area (Å²) in [5.41, 5.74) is 14.9. The van der Waals surface area contributed by atoms with Crippen molar-refractivity contribution in [1.82, 2.24) is 0 Å². The number of para-hydroxylation sites is 1. The molecule has 0 aliphatic rings. The van der Waals surface area contributed by atoms with Crippen LogP contribution < -0.4 is 16.8 Å². The Morgan fingerprint density at radius 1 is 1.10 bits per heavy atom. The highest BCUT2D eigenvalue weighted by molar-refractivity contribution is 7.80. The van der Waals surface area contributed by atoms with E-state index in [4.69, 9.17) is 23.7 Å². The largest absolute Gasteiger partial charge is 0.389 e. The smallest absolute Gasteiger partial charge is 0.248 e. The van der Waals surface area contributed by atoms with Crippen molar-refractivity contribution < 1.29 is 4.79 Å². The minimum atomic E-state index is -0.448. The number of hydrogen-bond donors (Lipinski definition) is 3. The Bertz CT molecular complexity index is 665. The van der Waals surface area contributed by atoms with Crippen molar-refractivity contribution in [2.45, 2.75) is 6.92 Å². The number of benzene rings is 2. The van der Waals surface area contributed by atoms with E-state index in [-0.39, 0.29) is 0 Å². The highest BCUT2D eigenvalue weighted by Crippen LogP contribution is 2.25. The zero-order valence-electron chi connectivity index (χ0n) is 11.0. The highest BCUT2D eigenvalue weighted by Gasteiger charge is 2.08. The van der Waals surface area contributed by atoms with Gasteiger partial charge < -0.3 is 16.8 Å². The third-order valence-electron chi connectivity index (χ3n) is 2.98. The topological polar surface area (TPSA) is 81.1 Å². The molecule has 0 spiro atoms. The SMILES string of the molecule is Cc1cccc(C(N)=S)c1Nc1ccc(C(N)=O)cc1. The molecule has 0 unspecified atom stereocenters. The van der Waals surface area contributed by atoms with Crippen LogP contribution in [0.1, 0.15) is 21.5 Å². The van der Waals surface area contributed by atoms with Gasteiger partial charge in [-0.1, -0.05) is 24.4 Å². The first kappa shape index (κ1) is 14.0. The van der Waals surface area contributed by atoms with Gasteiger partial charge in [-0.05, 0) is 42.8 Å². The van der Waals surface area contributed by atoms with Gasteiger partial charge in [-0.3, -0.25) is 4.79 Å². The lowest BCUT2D eigenvalue weighted by atomic mass is 10.1. The fourth-order valence-electron chi connectivity index (χ4n) is 1.90. The molecule has 0 bridgehead atoms. The summed E-state index contributed by atoms with van der Waals surface area (Å²) < 4.78 is 0. The van der Waals surface area contributed by atoms with Gasteiger partial charge in [0, 0.05) is 16.8 Å². The van der Waals surface area contributed by atoms with Crippen molar-refractivity contribution >= 4 is 34.5 Å². The standard InChI is InChI=1S/C15H15N3OS/c1-9-3-2-4-12(15(17)20)13(9)18-11-7-5-10(6-8-11)14(16)19/h2-8,18H,1H3,(H2,16,19)(H2,17,20). The summed E-state index contributed by atoms with van der Waals surface area (Å²) in [6.07, 6.45) is 0. The van der Waals surface area contributed by atoms with E-state index in [9.17, 15) is 4.79 Å². The summed E-state index contributed by atoms with van der Waals surface area (Å²) in [7, 11) is 0. The second kappa shape index (κ2) is 5.71. The van der Waals surface area contributed by atoms with E-state index in [0.717, 1.165) is 22.5 Å². The molecule has 0 fully saturated rings. The number of nitrogens with one attached hydrogen (secondary N) is 1. The van der Waals surface area contributed by atoms with Crippen molar-refractivity contribution in [1.29, 1.82) is 0 Å². The average Bonchev–Trinajstić information content (AvgIpc) is 2.41. The molecule has 5 heteroatoms. The summed E-state index contributed by atoms with van der Waals surface area (Å²) in [5, 5.41) is 3.27. The van der Waals surface area contributed by atoms with Crippen LogP contribution in [0.4, 0.5) is 11.4 Å². The number of carbonyl (C=O) groups is 1. The summed E-state index contributed by atoms with van der Waals surface area (Å²) in [5.74, 6) is -0.448. The summed E-state index contributed by atoms with van der Waals surface area (Å²) in [6.45, 7) is 1.97. The predicted molar refractivity (Wildman–Crippen MR) is 85.3 cm³/mol. The second-order valence-corrected chi connectivity index (χ2v) is 4.87. The molecule has 4 nitrogen and oxygen atoms in total. The highest BCUT2D eigenvalue weighted by atomic mass is 32.1. The maximum absolute atomic E-state index is 11.0. The number of anilines is 2. The first-order valence-corrected chi connectivity index (χ1v) is 6.46. The van der Waals surface area contributed by atoms with Crippen molar-refractivity contribution in [2.24, 2.45) is 11.5 Å². The number of rotatable bonds is 4. The summed E-state index contributed by atoms with van der Waals surface area (Å²) in [4.78, 5) is 11.4. The monoisotopic (exact) mass is 285 g/mol. The van der Waals surface area contributed by atoms with Gasteiger partial charge in [0.05, 0.1) is 5.69 Å². The van der Waals surface area contributed by atoms with Crippen molar-refractivity contribution in [3.05, 3.63) is 59.2 Å². The first-order chi connectivity index (χ1) is 9.49. The number of thiocarbonyl (C=S) groups is 1. The zero-order valence-corrected chi connectivity index (χ0v) is 11.8. The van der Waals surface area contributed by atoms with E-state index in [1.54, 1.807) is 24.3 Å². The van der Waals surface area contributed by atoms with Crippen molar-refractivity contribution in [2.75, 3.05) is 5.32 Å². The Balaban J connectivity index is 2.34. The number of primary amides is 1. The minimum Gasteiger partial charge on any atom is -0.389 e. The molecule has 2 aromatic rings. The van der Waals surface area contributed by atoms with Crippen LogP contribution in [0.15, 0.2) is 42.5 Å². The van der Waals surface area contributed by atoms with E-state index in [1.807, 2.05) is 25.1 Å². The number of carbonyl (C=O) groups excluding carboxylic acids is 1. The maximum Gasteiger partial charge on any atom is 0.248 e. The fraction of sp³-hybridized carbons (Fsp3) is 0.0667. The van der Waals surface area contributed by atoms with Crippen LogP contribution in [0.3, 0.4) is 0 Å². The molecule has 0 saturated heterocycles. The van der Waals surface area contributed by atoms with E-state index >= 15 is 0 Å². The van der Waals surface area contributed by atoms with E-state index < -0.39 is 5.91 Å². The second-order valence-electron chi connectivity index (χ2n) is 4.43. The third kappa shape index (κ3) is 2.95.